The number of ether oxygens (including phenoxy) is 4. The van der Waals surface area contributed by atoms with Crippen LogP contribution in [0.2, 0.25) is 0 Å². The third-order valence-corrected chi connectivity index (χ3v) is 9.94. The van der Waals surface area contributed by atoms with Crippen LogP contribution in [0.1, 0.15) is 85.0 Å². The van der Waals surface area contributed by atoms with Gasteiger partial charge in [0.2, 0.25) is 0 Å². The minimum absolute atomic E-state index is 0. The Bertz CT molecular complexity index is 1370. The number of hydrogen-bond donors (Lipinski definition) is 2. The average molecular weight is 789 g/mol. The molecule has 0 radical (unpaired) electrons. The summed E-state index contributed by atoms with van der Waals surface area (Å²) in [7, 11) is -6.08. The molecule has 18 heteroatoms. The summed E-state index contributed by atoms with van der Waals surface area (Å²) in [6.45, 7) is 5.47. The van der Waals surface area contributed by atoms with Crippen LogP contribution in [0, 0.1) is 5.92 Å². The predicted octanol–water partition coefficient (Wildman–Crippen LogP) is 6.59. The van der Waals surface area contributed by atoms with Crippen LogP contribution in [0.3, 0.4) is 0 Å². The van der Waals surface area contributed by atoms with Crippen molar-refractivity contribution in [3.63, 3.8) is 0 Å². The Labute approximate surface area is 343 Å². The molecule has 0 saturated carbocycles. The van der Waals surface area contributed by atoms with Gasteiger partial charge in [-0.3, -0.25) is 9.11 Å². The van der Waals surface area contributed by atoms with Gasteiger partial charge in [0.25, 0.3) is 20.2 Å². The number of carbonyl (C=O) groups excluding carboxylic acids is 2. The van der Waals surface area contributed by atoms with Crippen LogP contribution >= 0.6 is 21.6 Å². The van der Waals surface area contributed by atoms with Crippen LogP contribution in [-0.4, -0.2) is 115 Å². The Morgan fingerprint density at radius 1 is 0.653 bits per heavy atom. The van der Waals surface area contributed by atoms with E-state index < -0.39 is 50.7 Å². The third kappa shape index (κ3) is 19.8. The predicted molar refractivity (Wildman–Crippen MR) is 196 cm³/mol. The molecule has 0 spiro atoms. The number of unbranched alkanes of at least 4 members (excludes halogenated alkanes) is 8. The molecule has 0 bridgehead atoms. The van der Waals surface area contributed by atoms with Crippen molar-refractivity contribution in [2.24, 2.45) is 5.92 Å². The molecule has 2 rings (SSSR count). The van der Waals surface area contributed by atoms with E-state index in [1.807, 2.05) is 0 Å². The van der Waals surface area contributed by atoms with Gasteiger partial charge in [-0.05, 0) is 74.5 Å². The van der Waals surface area contributed by atoms with Crippen molar-refractivity contribution in [2.75, 3.05) is 0 Å². The van der Waals surface area contributed by atoms with Gasteiger partial charge in [-0.15, -0.1) is 21.6 Å². The van der Waals surface area contributed by atoms with Crippen LogP contribution in [0.4, 0.5) is 9.59 Å². The molecule has 4 atom stereocenters. The average Bonchev–Trinajstić information content (AvgIpc) is 2.95. The second-order valence-electron chi connectivity index (χ2n) is 11.1. The van der Waals surface area contributed by atoms with Crippen molar-refractivity contribution in [3.05, 3.63) is 48.5 Å². The number of carbonyl (C=O) groups is 2. The number of rotatable bonds is 19. The fourth-order valence-electron chi connectivity index (χ4n) is 5.02. The van der Waals surface area contributed by atoms with E-state index in [1.165, 1.54) is 62.8 Å². The zero-order valence-corrected chi connectivity index (χ0v) is 30.4. The molecule has 2 N–H and O–H groups in total. The first-order chi connectivity index (χ1) is 21.6. The van der Waals surface area contributed by atoms with E-state index in [0.29, 0.717) is 0 Å². The van der Waals surface area contributed by atoms with Crippen molar-refractivity contribution in [1.82, 2.24) is 0 Å². The summed E-state index contributed by atoms with van der Waals surface area (Å²) in [5.41, 5.74) is -0.141. The van der Waals surface area contributed by atoms with Crippen LogP contribution in [0.5, 0.6) is 11.5 Å². The normalized spacial score (nSPS) is 13.6. The van der Waals surface area contributed by atoms with Gasteiger partial charge in [-0.2, -0.15) is 16.8 Å². The number of hydrogen-bond acceptors (Lipinski definition) is 10. The van der Waals surface area contributed by atoms with Gasteiger partial charge in [0, 0.05) is 5.92 Å². The van der Waals surface area contributed by atoms with E-state index in [-0.39, 0.29) is 98.5 Å². The molecule has 49 heavy (non-hydrogen) atoms. The SMILES string of the molecule is CCCCCCCCCCCC(P)C(C(C)OC(=O)Oc1ccc(S(=O)(=O)O)cc1)C(C)OC(=O)Oc1ccc(S(=O)(=O)O)cc1.Cl.[NaH].[NaH]. The number of halogens is 1. The van der Waals surface area contributed by atoms with Crippen LogP contribution in [0.15, 0.2) is 58.3 Å². The topological polar surface area (TPSA) is 180 Å². The quantitative estimate of drug-likeness (QED) is 0.0390. The molecule has 270 valence electrons. The summed E-state index contributed by atoms with van der Waals surface area (Å²) in [6, 6.07) is 9.08. The zero-order valence-electron chi connectivity index (χ0n) is 26.8. The Morgan fingerprint density at radius 2 is 0.980 bits per heavy atom. The molecule has 0 aliphatic heterocycles. The molecular formula is C31H48ClNa2O12PS2. The second kappa shape index (κ2) is 25.5. The van der Waals surface area contributed by atoms with E-state index in [1.54, 1.807) is 13.8 Å². The molecule has 4 unspecified atom stereocenters. The summed E-state index contributed by atoms with van der Waals surface area (Å²) in [5.74, 6) is -0.528. The summed E-state index contributed by atoms with van der Waals surface area (Å²) >= 11 is 0. The van der Waals surface area contributed by atoms with Crippen LogP contribution < -0.4 is 9.47 Å². The molecule has 0 aromatic heterocycles. The van der Waals surface area contributed by atoms with Crippen LogP contribution in [-0.2, 0) is 29.7 Å². The maximum absolute atomic E-state index is 12.6. The third-order valence-electron chi connectivity index (χ3n) is 7.43. The molecule has 0 aliphatic rings. The van der Waals surface area contributed by atoms with E-state index in [2.05, 4.69) is 16.2 Å². The van der Waals surface area contributed by atoms with Gasteiger partial charge in [0.1, 0.15) is 23.7 Å². The van der Waals surface area contributed by atoms with E-state index in [0.717, 1.165) is 49.9 Å². The maximum atomic E-state index is 12.6. The van der Waals surface area contributed by atoms with Crippen molar-refractivity contribution in [1.29, 1.82) is 0 Å². The van der Waals surface area contributed by atoms with Crippen molar-refractivity contribution < 1.29 is 54.5 Å². The van der Waals surface area contributed by atoms with Gasteiger partial charge < -0.3 is 18.9 Å². The Hall–Kier alpha value is -0.480. The van der Waals surface area contributed by atoms with Gasteiger partial charge in [0.05, 0.1) is 9.79 Å². The summed E-state index contributed by atoms with van der Waals surface area (Å²) in [5, 5.41) is 0. The Morgan fingerprint density at radius 3 is 1.31 bits per heavy atom. The second-order valence-corrected chi connectivity index (χ2v) is 14.8. The molecule has 0 fully saturated rings. The van der Waals surface area contributed by atoms with Gasteiger partial charge in [-0.1, -0.05) is 64.7 Å². The van der Waals surface area contributed by atoms with Crippen LogP contribution in [0.25, 0.3) is 0 Å². The van der Waals surface area contributed by atoms with Crippen molar-refractivity contribution in [3.8, 4) is 11.5 Å². The monoisotopic (exact) mass is 788 g/mol. The molecule has 2 aromatic rings. The van der Waals surface area contributed by atoms with Crippen molar-refractivity contribution in [2.45, 2.75) is 113 Å². The standard InChI is InChI=1S/C31H45O12PS2.ClH.2Na.2H/c1-4-5-6-7-8-9-10-11-12-13-28(44)29(22(2)40-30(32)42-24-14-18-26(19-15-24)45(34,35)36)23(3)41-31(33)43-25-16-20-27(21-17-25)46(37,38)39;;;;;/h14-23,28-29H,4-13,44H2,1-3H3,(H,34,35,36)(H,37,38,39);1H;;;;. The Kier molecular flexibility index (Phi) is 26.3. The fourth-order valence-corrected chi connectivity index (χ4v) is 6.84. The van der Waals surface area contributed by atoms with E-state index in [9.17, 15) is 26.4 Å². The first-order valence-corrected chi connectivity index (χ1v) is 18.8. The first kappa shape index (κ1) is 50.6. The Balaban J connectivity index is 0. The summed E-state index contributed by atoms with van der Waals surface area (Å²) in [6.07, 6.45) is 7.42. The zero-order chi connectivity index (χ0) is 34.3. The van der Waals surface area contributed by atoms with Gasteiger partial charge >= 0.3 is 71.4 Å². The molecule has 2 aromatic carbocycles. The molecule has 0 saturated heterocycles. The van der Waals surface area contributed by atoms with E-state index >= 15 is 0 Å². The van der Waals surface area contributed by atoms with Crippen molar-refractivity contribution >= 4 is 113 Å². The summed E-state index contributed by atoms with van der Waals surface area (Å²) in [4.78, 5) is 24.5. The van der Waals surface area contributed by atoms with E-state index in [4.69, 9.17) is 28.1 Å². The molecule has 0 heterocycles. The van der Waals surface area contributed by atoms with Gasteiger partial charge in [0.15, 0.2) is 0 Å². The first-order valence-electron chi connectivity index (χ1n) is 15.3. The van der Waals surface area contributed by atoms with Gasteiger partial charge in [-0.25, -0.2) is 9.59 Å². The minimum atomic E-state index is -4.41. The molecule has 0 amide bonds. The summed E-state index contributed by atoms with van der Waals surface area (Å²) < 4.78 is 84.8. The molecule has 0 aliphatic carbocycles. The fraction of sp³-hybridized carbons (Fsp3) is 0.548. The molecular weight excluding hydrogens is 741 g/mol. The molecule has 12 nitrogen and oxygen atoms in total. The number of benzene rings is 2.